The Bertz CT molecular complexity index is 1630. The average molecular weight is 614 g/mol. The van der Waals surface area contributed by atoms with Gasteiger partial charge in [0.25, 0.3) is 0 Å². The molecule has 0 saturated heterocycles. The van der Waals surface area contributed by atoms with Gasteiger partial charge in [0.15, 0.2) is 0 Å². The van der Waals surface area contributed by atoms with Gasteiger partial charge in [-0.1, -0.05) is 6.92 Å². The van der Waals surface area contributed by atoms with Crippen molar-refractivity contribution in [3.8, 4) is 11.3 Å². The molecule has 11 nitrogen and oxygen atoms in total. The van der Waals surface area contributed by atoms with Crippen molar-refractivity contribution in [1.29, 1.82) is 0 Å². The second kappa shape index (κ2) is 11.9. The molecular formula is C34H43N7O4. The maximum absolute atomic E-state index is 12.7. The van der Waals surface area contributed by atoms with Crippen LogP contribution in [-0.4, -0.2) is 56.5 Å². The van der Waals surface area contributed by atoms with Crippen LogP contribution in [-0.2, 0) is 25.2 Å². The van der Waals surface area contributed by atoms with E-state index in [-0.39, 0.29) is 23.7 Å². The van der Waals surface area contributed by atoms with Crippen molar-refractivity contribution >= 4 is 29.2 Å². The van der Waals surface area contributed by atoms with Crippen molar-refractivity contribution in [1.82, 2.24) is 15.0 Å². The number of fused-ring (bicyclic) bond motifs is 2. The zero-order valence-electron chi connectivity index (χ0n) is 26.8. The van der Waals surface area contributed by atoms with Gasteiger partial charge in [-0.25, -0.2) is 0 Å². The van der Waals surface area contributed by atoms with Crippen molar-refractivity contribution in [2.75, 3.05) is 16.8 Å². The molecule has 1 fully saturated rings. The minimum absolute atomic E-state index is 0.0721. The number of aromatic nitrogens is 3. The molecule has 2 unspecified atom stereocenters. The number of hydrogen-bond acceptors (Lipinski definition) is 8. The Morgan fingerprint density at radius 2 is 1.73 bits per heavy atom. The van der Waals surface area contributed by atoms with Gasteiger partial charge in [-0.15, -0.1) is 0 Å². The first-order valence-electron chi connectivity index (χ1n) is 15.5. The zero-order valence-corrected chi connectivity index (χ0v) is 26.8. The number of aryl methyl sites for hydroxylation is 1. The van der Waals surface area contributed by atoms with Crippen LogP contribution in [0.25, 0.3) is 11.3 Å². The lowest BCUT2D eigenvalue weighted by Crippen LogP contribution is -2.40. The summed E-state index contributed by atoms with van der Waals surface area (Å²) in [5.74, 6) is -1.43. The molecule has 45 heavy (non-hydrogen) atoms. The predicted molar refractivity (Wildman–Crippen MR) is 173 cm³/mol. The Morgan fingerprint density at radius 1 is 1.04 bits per heavy atom. The molecule has 2 amide bonds. The van der Waals surface area contributed by atoms with Gasteiger partial charge in [-0.05, 0) is 90.6 Å². The topological polar surface area (TPSA) is 177 Å². The van der Waals surface area contributed by atoms with Crippen LogP contribution in [0.5, 0.6) is 0 Å². The lowest BCUT2D eigenvalue weighted by atomic mass is 9.82. The van der Waals surface area contributed by atoms with Gasteiger partial charge in [0.2, 0.25) is 11.8 Å². The minimum Gasteiger partial charge on any atom is -0.480 e. The van der Waals surface area contributed by atoms with Gasteiger partial charge in [-0.3, -0.25) is 29.3 Å². The number of pyridine rings is 3. The number of nitrogens with two attached hydrogens (primary N) is 2. The number of carboxylic acids is 1. The van der Waals surface area contributed by atoms with Crippen LogP contribution in [0.4, 0.5) is 11.4 Å². The number of carboxylic acid groups (broad SMARTS) is 1. The van der Waals surface area contributed by atoms with Gasteiger partial charge < -0.3 is 26.8 Å². The van der Waals surface area contributed by atoms with E-state index < -0.39 is 22.8 Å². The van der Waals surface area contributed by atoms with E-state index in [1.807, 2.05) is 76.2 Å². The van der Waals surface area contributed by atoms with Crippen LogP contribution in [0, 0.1) is 12.8 Å². The summed E-state index contributed by atoms with van der Waals surface area (Å²) in [5.41, 5.74) is 17.5. The molecule has 0 radical (unpaired) electrons. The van der Waals surface area contributed by atoms with Gasteiger partial charge in [0.05, 0.1) is 22.2 Å². The number of carbonyl (C=O) groups excluding carboxylic acids is 2. The fourth-order valence-electron chi connectivity index (χ4n) is 6.14. The Morgan fingerprint density at radius 3 is 2.33 bits per heavy atom. The monoisotopic (exact) mass is 613 g/mol. The Balaban J connectivity index is 0.000000178. The largest absolute Gasteiger partial charge is 0.480 e. The zero-order chi connectivity index (χ0) is 32.8. The van der Waals surface area contributed by atoms with Crippen LogP contribution in [0.1, 0.15) is 82.3 Å². The molecule has 11 heteroatoms. The highest BCUT2D eigenvalue weighted by molar-refractivity contribution is 6.08. The molecule has 0 bridgehead atoms. The molecule has 1 aliphatic carbocycles. The molecule has 6 rings (SSSR count). The highest BCUT2D eigenvalue weighted by Gasteiger charge is 2.49. The van der Waals surface area contributed by atoms with Gasteiger partial charge in [0, 0.05) is 64.3 Å². The number of aliphatic carboxylic acids is 1. The molecule has 5 heterocycles. The quantitative estimate of drug-likeness (QED) is 0.292. The Kier molecular flexibility index (Phi) is 8.54. The molecule has 2 aliphatic heterocycles. The Labute approximate surface area is 263 Å². The van der Waals surface area contributed by atoms with E-state index in [9.17, 15) is 14.4 Å². The second-order valence-corrected chi connectivity index (χ2v) is 13.4. The Hall–Kier alpha value is -4.22. The molecule has 6 N–H and O–H groups in total. The van der Waals surface area contributed by atoms with Crippen molar-refractivity contribution in [2.45, 2.75) is 89.6 Å². The van der Waals surface area contributed by atoms with Crippen molar-refractivity contribution in [2.24, 2.45) is 17.4 Å². The summed E-state index contributed by atoms with van der Waals surface area (Å²) in [4.78, 5) is 51.3. The van der Waals surface area contributed by atoms with Gasteiger partial charge in [-0.2, -0.15) is 0 Å². The third-order valence-electron chi connectivity index (χ3n) is 9.45. The van der Waals surface area contributed by atoms with Crippen LogP contribution < -0.4 is 21.7 Å². The van der Waals surface area contributed by atoms with E-state index in [1.165, 1.54) is 0 Å². The van der Waals surface area contributed by atoms with Crippen LogP contribution in [0.3, 0.4) is 0 Å². The number of nitrogens with zero attached hydrogens (tertiary/aromatic N) is 4. The fraction of sp³-hybridized carbons (Fsp3) is 0.471. The lowest BCUT2D eigenvalue weighted by Gasteiger charge is -2.26. The van der Waals surface area contributed by atoms with Gasteiger partial charge >= 0.3 is 5.97 Å². The van der Waals surface area contributed by atoms with E-state index in [0.717, 1.165) is 52.3 Å². The molecule has 3 aromatic rings. The first kappa shape index (κ1) is 32.2. The third-order valence-corrected chi connectivity index (χ3v) is 9.45. The van der Waals surface area contributed by atoms with E-state index in [4.69, 9.17) is 16.6 Å². The highest BCUT2D eigenvalue weighted by Crippen LogP contribution is 2.47. The first-order chi connectivity index (χ1) is 21.2. The molecule has 238 valence electrons. The normalized spacial score (nSPS) is 19.5. The molecule has 0 aromatic carbocycles. The number of nitrogens with one attached hydrogen (secondary N) is 1. The number of rotatable bonds is 8. The molecular weight excluding hydrogens is 570 g/mol. The number of anilines is 2. The smallest absolute Gasteiger partial charge is 0.320 e. The van der Waals surface area contributed by atoms with Crippen molar-refractivity contribution in [3.63, 3.8) is 0 Å². The molecule has 0 spiro atoms. The van der Waals surface area contributed by atoms with E-state index in [2.05, 4.69) is 20.3 Å². The maximum atomic E-state index is 12.7. The summed E-state index contributed by atoms with van der Waals surface area (Å²) in [6.45, 7) is 11.8. The van der Waals surface area contributed by atoms with E-state index >= 15 is 0 Å². The summed E-state index contributed by atoms with van der Waals surface area (Å²) >= 11 is 0. The summed E-state index contributed by atoms with van der Waals surface area (Å²) < 4.78 is 0. The van der Waals surface area contributed by atoms with E-state index in [1.54, 1.807) is 13.1 Å². The number of hydrogen-bond donors (Lipinski definition) is 4. The van der Waals surface area contributed by atoms with Crippen molar-refractivity contribution in [3.05, 3.63) is 65.4 Å². The molecule has 1 saturated carbocycles. The van der Waals surface area contributed by atoms with Crippen LogP contribution in [0.15, 0.2) is 42.9 Å². The highest BCUT2D eigenvalue weighted by atomic mass is 16.4. The first-order valence-corrected chi connectivity index (χ1v) is 15.5. The van der Waals surface area contributed by atoms with Crippen molar-refractivity contribution < 1.29 is 19.5 Å². The molecule has 3 aliphatic rings. The maximum Gasteiger partial charge on any atom is 0.320 e. The molecule has 3 aromatic heterocycles. The minimum atomic E-state index is -1.05. The summed E-state index contributed by atoms with van der Waals surface area (Å²) in [6.07, 6.45) is 8.17. The lowest BCUT2D eigenvalue weighted by molar-refractivity contribution is -0.140. The average Bonchev–Trinajstić information content (AvgIpc) is 3.78. The van der Waals surface area contributed by atoms with Crippen LogP contribution in [0.2, 0.25) is 0 Å². The van der Waals surface area contributed by atoms with Crippen LogP contribution >= 0.6 is 0 Å². The summed E-state index contributed by atoms with van der Waals surface area (Å²) in [5, 5.41) is 12.0. The fourth-order valence-corrected chi connectivity index (χ4v) is 6.14. The predicted octanol–water partition coefficient (Wildman–Crippen LogP) is 4.03. The summed E-state index contributed by atoms with van der Waals surface area (Å²) in [7, 11) is 0. The molecule has 3 atom stereocenters. The van der Waals surface area contributed by atoms with E-state index in [0.29, 0.717) is 24.7 Å². The second-order valence-electron chi connectivity index (χ2n) is 13.4. The third kappa shape index (κ3) is 5.94. The number of amides is 2. The van der Waals surface area contributed by atoms with Gasteiger partial charge in [0.1, 0.15) is 6.04 Å². The standard InChI is InChI=1S/C18H19N3O.C16H24N4O3/c1-11-4-5-12(9-19-11)15-8-16-14(10-20-15)18(2,3)17(22)21(16)13-6-7-13;1-8(13(18)14(21)22)9(4-5-17)11-6-12-10(7-19-11)16(2,3)15(23)20-12/h4-5,8-10,13H,6-7H2,1-3H3;6-9,13H,4-5,17-18H2,1-3H3,(H,20,23)(H,21,22)/t;8?,9?,13-/m.0/s1. The number of carbonyl (C=O) groups is 3. The summed E-state index contributed by atoms with van der Waals surface area (Å²) in [6, 6.07) is 7.26. The SMILES string of the molecule is CC(C(CCN)c1cc2c(cn1)C(C)(C)C(=O)N2)[C@H](N)C(=O)O.Cc1ccc(-c2cc3c(cn2)C(C)(C)C(=O)N3C2CC2)cn1.